The van der Waals surface area contributed by atoms with Crippen molar-refractivity contribution in [3.8, 4) is 34.2 Å². The number of morpholine rings is 1. The first-order valence-corrected chi connectivity index (χ1v) is 16.3. The first-order valence-electron chi connectivity index (χ1n) is 14.9. The molecule has 0 N–H and O–H groups in total. The zero-order chi connectivity index (χ0) is 31.0. The second-order valence-corrected chi connectivity index (χ2v) is 13.6. The van der Waals surface area contributed by atoms with Crippen molar-refractivity contribution in [1.29, 1.82) is 5.26 Å². The Balaban J connectivity index is 1.34. The fourth-order valence-electron chi connectivity index (χ4n) is 5.83. The maximum Gasteiger partial charge on any atom is 0.269 e. The summed E-state index contributed by atoms with van der Waals surface area (Å²) in [5, 5.41) is 10.6. The van der Waals surface area contributed by atoms with E-state index in [4.69, 9.17) is 14.2 Å². The number of anilines is 1. The Bertz CT molecular complexity index is 2010. The second kappa shape index (κ2) is 11.7. The van der Waals surface area contributed by atoms with Crippen LogP contribution in [0.2, 0.25) is 0 Å². The van der Waals surface area contributed by atoms with Crippen LogP contribution in [-0.2, 0) is 19.5 Å². The maximum absolute atomic E-state index is 14.2. The number of ether oxygens (including phenoxy) is 3. The van der Waals surface area contributed by atoms with E-state index in [1.807, 2.05) is 42.5 Å². The summed E-state index contributed by atoms with van der Waals surface area (Å²) in [5.74, 6) is 0.505. The molecule has 2 aromatic heterocycles. The molecule has 9 nitrogen and oxygen atoms in total. The average molecular weight is 621 g/mol. The highest BCUT2D eigenvalue weighted by Crippen LogP contribution is 2.38. The van der Waals surface area contributed by atoms with Gasteiger partial charge in [-0.25, -0.2) is 17.4 Å². The van der Waals surface area contributed by atoms with Gasteiger partial charge < -0.3 is 19.1 Å². The molecule has 2 fully saturated rings. The van der Waals surface area contributed by atoms with E-state index in [1.165, 1.54) is 3.97 Å². The van der Waals surface area contributed by atoms with Gasteiger partial charge >= 0.3 is 0 Å². The van der Waals surface area contributed by atoms with Crippen LogP contribution >= 0.6 is 0 Å². The Morgan fingerprint density at radius 1 is 0.933 bits per heavy atom. The molecule has 0 atom stereocenters. The van der Waals surface area contributed by atoms with Gasteiger partial charge in [-0.05, 0) is 65.2 Å². The van der Waals surface area contributed by atoms with Crippen molar-refractivity contribution in [2.45, 2.75) is 11.8 Å². The normalized spacial score (nSPS) is 16.2. The third kappa shape index (κ3) is 5.44. The summed E-state index contributed by atoms with van der Waals surface area (Å²) in [7, 11) is -4.02. The second-order valence-electron chi connectivity index (χ2n) is 11.8. The topological polar surface area (TPSA) is 107 Å². The average Bonchev–Trinajstić information content (AvgIpc) is 3.48. The van der Waals surface area contributed by atoms with Gasteiger partial charge in [-0.15, -0.1) is 0 Å². The molecule has 0 amide bonds. The highest BCUT2D eigenvalue weighted by Gasteiger charge is 2.34. The third-order valence-electron chi connectivity index (χ3n) is 8.37. The molecule has 0 spiro atoms. The Morgan fingerprint density at radius 2 is 1.67 bits per heavy atom. The van der Waals surface area contributed by atoms with Crippen LogP contribution in [-0.4, -0.2) is 63.5 Å². The zero-order valence-electron chi connectivity index (χ0n) is 24.8. The predicted molar refractivity (Wildman–Crippen MR) is 172 cm³/mol. The molecule has 2 aliphatic heterocycles. The lowest BCUT2D eigenvalue weighted by molar-refractivity contribution is -0.120. The summed E-state index contributed by atoms with van der Waals surface area (Å²) in [5.41, 5.74) is 4.45. The van der Waals surface area contributed by atoms with Gasteiger partial charge in [0.2, 0.25) is 0 Å². The Kier molecular flexibility index (Phi) is 7.53. The van der Waals surface area contributed by atoms with Crippen molar-refractivity contribution >= 4 is 26.7 Å². The molecule has 0 radical (unpaired) electrons. The molecule has 3 aromatic carbocycles. The summed E-state index contributed by atoms with van der Waals surface area (Å²) < 4.78 is 46.6. The van der Waals surface area contributed by atoms with Crippen LogP contribution in [0, 0.1) is 16.7 Å². The van der Waals surface area contributed by atoms with E-state index in [0.717, 1.165) is 35.5 Å². The molecule has 45 heavy (non-hydrogen) atoms. The molecule has 0 unspecified atom stereocenters. The van der Waals surface area contributed by atoms with Gasteiger partial charge in [-0.2, -0.15) is 5.26 Å². The summed E-state index contributed by atoms with van der Waals surface area (Å²) in [6.45, 7) is 6.76. The van der Waals surface area contributed by atoms with Crippen molar-refractivity contribution in [2.75, 3.05) is 51.0 Å². The molecule has 0 saturated carbocycles. The van der Waals surface area contributed by atoms with Gasteiger partial charge in [0.15, 0.2) is 5.65 Å². The summed E-state index contributed by atoms with van der Waals surface area (Å²) in [6, 6.07) is 27.8. The summed E-state index contributed by atoms with van der Waals surface area (Å²) in [6.07, 6.45) is 1.61. The smallest absolute Gasteiger partial charge is 0.269 e. The van der Waals surface area contributed by atoms with Gasteiger partial charge in [-0.3, -0.25) is 0 Å². The molecule has 2 aliphatic rings. The summed E-state index contributed by atoms with van der Waals surface area (Å²) in [4.78, 5) is 7.01. The van der Waals surface area contributed by atoms with E-state index in [2.05, 4.69) is 22.9 Å². The van der Waals surface area contributed by atoms with Gasteiger partial charge in [0, 0.05) is 35.8 Å². The molecule has 0 bridgehead atoms. The lowest BCUT2D eigenvalue weighted by Crippen LogP contribution is -2.44. The molecule has 0 aliphatic carbocycles. The van der Waals surface area contributed by atoms with E-state index in [0.29, 0.717) is 61.1 Å². The van der Waals surface area contributed by atoms with Crippen molar-refractivity contribution < 1.29 is 22.6 Å². The Hall–Kier alpha value is -4.69. The van der Waals surface area contributed by atoms with E-state index in [-0.39, 0.29) is 10.3 Å². The highest BCUT2D eigenvalue weighted by molar-refractivity contribution is 7.90. The molecule has 228 valence electrons. The minimum absolute atomic E-state index is 0.0629. The third-order valence-corrected chi connectivity index (χ3v) is 10.1. The van der Waals surface area contributed by atoms with Gasteiger partial charge in [0.25, 0.3) is 10.0 Å². The minimum atomic E-state index is -4.02. The molecule has 4 heterocycles. The lowest BCUT2D eigenvalue weighted by Gasteiger charge is -2.37. The standard InChI is InChI=1S/C35H32N4O5S/c1-35(22-43-23-35)24-44-33-12-9-26(19-27(33)21-36)30-13-14-37-34-31(30)20-32(39(34)45(40,41)29-5-3-2-4-6-29)25-7-10-28(11-8-25)38-15-17-42-18-16-38/h2-14,19-20H,15-18,22-24H2,1H3. The number of aromatic nitrogens is 2. The summed E-state index contributed by atoms with van der Waals surface area (Å²) >= 11 is 0. The first-order chi connectivity index (χ1) is 21.9. The first kappa shape index (κ1) is 29.0. The number of benzene rings is 3. The van der Waals surface area contributed by atoms with Crippen molar-refractivity contribution in [3.63, 3.8) is 0 Å². The molecule has 10 heteroatoms. The van der Waals surface area contributed by atoms with Crippen LogP contribution in [0.25, 0.3) is 33.4 Å². The molecule has 5 aromatic rings. The van der Waals surface area contributed by atoms with Crippen molar-refractivity contribution in [3.05, 3.63) is 96.7 Å². The maximum atomic E-state index is 14.2. The van der Waals surface area contributed by atoms with Crippen LogP contribution in [0.3, 0.4) is 0 Å². The number of nitrogens with zero attached hydrogens (tertiary/aromatic N) is 4. The number of hydrogen-bond acceptors (Lipinski definition) is 8. The largest absolute Gasteiger partial charge is 0.491 e. The molecule has 7 rings (SSSR count). The molecular weight excluding hydrogens is 588 g/mol. The Morgan fingerprint density at radius 3 is 2.36 bits per heavy atom. The number of fused-ring (bicyclic) bond motifs is 1. The van der Waals surface area contributed by atoms with Crippen molar-refractivity contribution in [1.82, 2.24) is 8.96 Å². The zero-order valence-corrected chi connectivity index (χ0v) is 25.7. The fraction of sp³-hybridized carbons (Fsp3) is 0.257. The van der Waals surface area contributed by atoms with Crippen LogP contribution < -0.4 is 9.64 Å². The monoisotopic (exact) mass is 620 g/mol. The number of pyridine rings is 1. The van der Waals surface area contributed by atoms with Gasteiger partial charge in [0.1, 0.15) is 11.8 Å². The van der Waals surface area contributed by atoms with Gasteiger partial charge in [-0.1, -0.05) is 43.3 Å². The SMILES string of the molecule is CC1(COc2ccc(-c3ccnc4c3cc(-c3ccc(N5CCOCC5)cc3)n4S(=O)(=O)c3ccccc3)cc2C#N)COC1. The van der Waals surface area contributed by atoms with Crippen molar-refractivity contribution in [2.24, 2.45) is 5.41 Å². The number of hydrogen-bond donors (Lipinski definition) is 0. The van der Waals surface area contributed by atoms with Crippen LogP contribution in [0.5, 0.6) is 5.75 Å². The van der Waals surface area contributed by atoms with E-state index >= 15 is 0 Å². The quantitative estimate of drug-likeness (QED) is 0.217. The predicted octanol–water partition coefficient (Wildman–Crippen LogP) is 5.73. The Labute approximate surface area is 262 Å². The molecule has 2 saturated heterocycles. The van der Waals surface area contributed by atoms with E-state index < -0.39 is 10.0 Å². The highest BCUT2D eigenvalue weighted by atomic mass is 32.2. The van der Waals surface area contributed by atoms with E-state index in [1.54, 1.807) is 48.7 Å². The van der Waals surface area contributed by atoms with Crippen LogP contribution in [0.1, 0.15) is 12.5 Å². The number of rotatable bonds is 8. The van der Waals surface area contributed by atoms with E-state index in [9.17, 15) is 13.7 Å². The molecular formula is C35H32N4O5S. The fourth-order valence-corrected chi connectivity index (χ4v) is 7.33. The lowest BCUT2D eigenvalue weighted by atomic mass is 9.90. The van der Waals surface area contributed by atoms with Gasteiger partial charge in [0.05, 0.1) is 49.2 Å². The van der Waals surface area contributed by atoms with Crippen LogP contribution in [0.15, 0.2) is 96.0 Å². The minimum Gasteiger partial charge on any atom is -0.491 e. The van der Waals surface area contributed by atoms with Crippen LogP contribution in [0.4, 0.5) is 5.69 Å². The number of nitriles is 1.